The summed E-state index contributed by atoms with van der Waals surface area (Å²) < 4.78 is 60.9. The third-order valence-corrected chi connectivity index (χ3v) is 4.71. The van der Waals surface area contributed by atoms with Crippen LogP contribution in [0.25, 0.3) is 0 Å². The van der Waals surface area contributed by atoms with Crippen LogP contribution >= 0.6 is 24.0 Å². The van der Waals surface area contributed by atoms with E-state index in [1.54, 1.807) is 25.2 Å². The molecule has 0 atom stereocenters. The van der Waals surface area contributed by atoms with Gasteiger partial charge < -0.3 is 10.6 Å². The number of nitrogens with one attached hydrogen (secondary N) is 2. The average molecular weight is 541 g/mol. The molecule has 0 aliphatic carbocycles. The van der Waals surface area contributed by atoms with Crippen molar-refractivity contribution in [3.05, 3.63) is 70.8 Å². The van der Waals surface area contributed by atoms with Crippen LogP contribution in [0.15, 0.2) is 53.5 Å². The van der Waals surface area contributed by atoms with Crippen LogP contribution in [0, 0.1) is 0 Å². The Kier molecular flexibility index (Phi) is 9.40. The molecule has 0 amide bonds. The molecular weight excluding hydrogens is 518 g/mol. The molecule has 0 bridgehead atoms. The molecule has 0 aliphatic heterocycles. The highest BCUT2D eigenvalue weighted by Gasteiger charge is 2.30. The molecule has 160 valence electrons. The minimum absolute atomic E-state index is 0. The van der Waals surface area contributed by atoms with E-state index in [9.17, 15) is 21.6 Å². The van der Waals surface area contributed by atoms with Crippen molar-refractivity contribution in [1.82, 2.24) is 10.6 Å². The molecule has 0 radical (unpaired) electrons. The van der Waals surface area contributed by atoms with E-state index in [0.717, 1.165) is 17.7 Å². The molecule has 2 aromatic carbocycles. The van der Waals surface area contributed by atoms with E-state index in [-0.39, 0.29) is 36.3 Å². The summed E-state index contributed by atoms with van der Waals surface area (Å²) >= 11 is 0. The lowest BCUT2D eigenvalue weighted by Crippen LogP contribution is -2.36. The number of hydrogen-bond donors (Lipinski definition) is 2. The van der Waals surface area contributed by atoms with Crippen LogP contribution in [0.2, 0.25) is 0 Å². The third-order valence-electron chi connectivity index (χ3n) is 3.85. The zero-order chi connectivity index (χ0) is 20.8. The fourth-order valence-electron chi connectivity index (χ4n) is 2.51. The number of aliphatic imine (C=N–C) groups is 1. The molecule has 0 spiro atoms. The summed E-state index contributed by atoms with van der Waals surface area (Å²) in [5.41, 5.74) is 1.42. The molecule has 5 nitrogen and oxygen atoms in total. The lowest BCUT2D eigenvalue weighted by molar-refractivity contribution is -0.137. The zero-order valence-corrected chi connectivity index (χ0v) is 19.1. The van der Waals surface area contributed by atoms with Gasteiger partial charge in [0.2, 0.25) is 0 Å². The second-order valence-electron chi connectivity index (χ2n) is 6.36. The van der Waals surface area contributed by atoms with Gasteiger partial charge in [0.1, 0.15) is 0 Å². The predicted octanol–water partition coefficient (Wildman–Crippen LogP) is 3.73. The molecule has 0 unspecified atom stereocenters. The minimum Gasteiger partial charge on any atom is -0.352 e. The maximum atomic E-state index is 12.8. The molecule has 0 saturated carbocycles. The van der Waals surface area contributed by atoms with Gasteiger partial charge in [-0.3, -0.25) is 4.99 Å². The summed E-state index contributed by atoms with van der Waals surface area (Å²) in [6, 6.07) is 12.2. The van der Waals surface area contributed by atoms with Gasteiger partial charge >= 0.3 is 6.18 Å². The lowest BCUT2D eigenvalue weighted by atomic mass is 10.1. The molecular formula is C19H23F3IN3O2S. The highest BCUT2D eigenvalue weighted by Crippen LogP contribution is 2.29. The van der Waals surface area contributed by atoms with Crippen LogP contribution in [-0.2, 0) is 34.9 Å². The fraction of sp³-hybridized carbons (Fsp3) is 0.316. The van der Waals surface area contributed by atoms with E-state index in [1.807, 2.05) is 12.1 Å². The average Bonchev–Trinajstić information content (AvgIpc) is 2.61. The van der Waals surface area contributed by atoms with Crippen molar-refractivity contribution in [2.24, 2.45) is 4.99 Å². The number of halogens is 4. The van der Waals surface area contributed by atoms with Gasteiger partial charge in [-0.2, -0.15) is 13.2 Å². The van der Waals surface area contributed by atoms with Crippen molar-refractivity contribution in [3.8, 4) is 0 Å². The maximum Gasteiger partial charge on any atom is 0.416 e. The highest BCUT2D eigenvalue weighted by atomic mass is 127. The molecule has 0 aromatic heterocycles. The van der Waals surface area contributed by atoms with Crippen LogP contribution < -0.4 is 10.6 Å². The first-order valence-corrected chi connectivity index (χ1v) is 10.5. The van der Waals surface area contributed by atoms with Crippen molar-refractivity contribution in [2.45, 2.75) is 25.0 Å². The van der Waals surface area contributed by atoms with E-state index >= 15 is 0 Å². The Hall–Kier alpha value is -1.82. The standard InChI is InChI=1S/C19H22F3N3O2S.HI/c1-23-18(25-12-16-4-3-5-17(10-16)19(20,21)22)24-11-14-6-8-15(9-7-14)13-28(2,26)27;/h3-10H,11-13H2,1-2H3,(H2,23,24,25);1H. The summed E-state index contributed by atoms with van der Waals surface area (Å²) in [5, 5.41) is 6.04. The van der Waals surface area contributed by atoms with Gasteiger partial charge in [-0.25, -0.2) is 8.42 Å². The second-order valence-corrected chi connectivity index (χ2v) is 8.50. The van der Waals surface area contributed by atoms with Crippen molar-refractivity contribution in [3.63, 3.8) is 0 Å². The first kappa shape index (κ1) is 25.2. The molecule has 0 aliphatic rings. The van der Waals surface area contributed by atoms with Crippen LogP contribution in [0.5, 0.6) is 0 Å². The molecule has 2 N–H and O–H groups in total. The van der Waals surface area contributed by atoms with Gasteiger partial charge in [-0.1, -0.05) is 36.4 Å². The SMILES string of the molecule is CN=C(NCc1ccc(CS(C)(=O)=O)cc1)NCc1cccc(C(F)(F)F)c1.I. The largest absolute Gasteiger partial charge is 0.416 e. The predicted molar refractivity (Wildman–Crippen MR) is 119 cm³/mol. The lowest BCUT2D eigenvalue weighted by Gasteiger charge is -2.13. The second kappa shape index (κ2) is 10.8. The molecule has 29 heavy (non-hydrogen) atoms. The number of benzene rings is 2. The van der Waals surface area contributed by atoms with Crippen molar-refractivity contribution in [2.75, 3.05) is 13.3 Å². The molecule has 2 rings (SSSR count). The van der Waals surface area contributed by atoms with Gasteiger partial charge in [0, 0.05) is 26.4 Å². The Bertz CT molecular complexity index is 930. The van der Waals surface area contributed by atoms with E-state index < -0.39 is 21.6 Å². The Morgan fingerprint density at radius 3 is 2.03 bits per heavy atom. The fourth-order valence-corrected chi connectivity index (χ4v) is 3.30. The van der Waals surface area contributed by atoms with Crippen LogP contribution in [0.3, 0.4) is 0 Å². The Balaban J connectivity index is 0.00000420. The Labute approximate surface area is 185 Å². The normalized spacial score (nSPS) is 12.2. The summed E-state index contributed by atoms with van der Waals surface area (Å²) in [7, 11) is -1.51. The number of guanidine groups is 1. The summed E-state index contributed by atoms with van der Waals surface area (Å²) in [5.74, 6) is 0.429. The zero-order valence-electron chi connectivity index (χ0n) is 16.0. The van der Waals surface area contributed by atoms with Crippen LogP contribution in [0.1, 0.15) is 22.3 Å². The molecule has 0 saturated heterocycles. The van der Waals surface area contributed by atoms with Gasteiger partial charge in [0.05, 0.1) is 11.3 Å². The molecule has 0 fully saturated rings. The highest BCUT2D eigenvalue weighted by molar-refractivity contribution is 14.0. The summed E-state index contributed by atoms with van der Waals surface area (Å²) in [6.45, 7) is 0.623. The summed E-state index contributed by atoms with van der Waals surface area (Å²) in [6.07, 6.45) is -3.19. The smallest absolute Gasteiger partial charge is 0.352 e. The number of alkyl halides is 3. The maximum absolute atomic E-state index is 12.8. The van der Waals surface area contributed by atoms with Gasteiger partial charge in [0.25, 0.3) is 0 Å². The molecule has 10 heteroatoms. The number of hydrogen-bond acceptors (Lipinski definition) is 3. The van der Waals surface area contributed by atoms with Crippen LogP contribution in [0.4, 0.5) is 13.2 Å². The summed E-state index contributed by atoms with van der Waals surface area (Å²) in [4.78, 5) is 4.05. The molecule has 0 heterocycles. The van der Waals surface area contributed by atoms with Gasteiger partial charge in [0.15, 0.2) is 15.8 Å². The van der Waals surface area contributed by atoms with Crippen molar-refractivity contribution in [1.29, 1.82) is 0 Å². The van der Waals surface area contributed by atoms with Gasteiger partial charge in [-0.05, 0) is 28.8 Å². The van der Waals surface area contributed by atoms with Crippen molar-refractivity contribution >= 4 is 39.8 Å². The van der Waals surface area contributed by atoms with E-state index in [4.69, 9.17) is 0 Å². The Morgan fingerprint density at radius 2 is 1.52 bits per heavy atom. The van der Waals surface area contributed by atoms with Crippen LogP contribution in [-0.4, -0.2) is 27.7 Å². The van der Waals surface area contributed by atoms with E-state index in [2.05, 4.69) is 15.6 Å². The monoisotopic (exact) mass is 541 g/mol. The first-order chi connectivity index (χ1) is 13.1. The number of nitrogens with zero attached hydrogens (tertiary/aromatic N) is 1. The Morgan fingerprint density at radius 1 is 0.966 bits per heavy atom. The molecule has 2 aromatic rings. The number of rotatable bonds is 6. The van der Waals surface area contributed by atoms with Crippen molar-refractivity contribution < 1.29 is 21.6 Å². The minimum atomic E-state index is -4.38. The number of sulfone groups is 1. The van der Waals surface area contributed by atoms with E-state index in [0.29, 0.717) is 23.6 Å². The van der Waals surface area contributed by atoms with E-state index in [1.165, 1.54) is 12.3 Å². The first-order valence-electron chi connectivity index (χ1n) is 8.43. The quantitative estimate of drug-likeness (QED) is 0.332. The van der Waals surface area contributed by atoms with Gasteiger partial charge in [-0.15, -0.1) is 24.0 Å². The topological polar surface area (TPSA) is 70.6 Å². The third kappa shape index (κ3) is 9.03.